The SMILES string of the molecule is CCCC(CC(CC)(CCC)OC(=O)c1ccccc1)OC(=O)c1ccccc1. The maximum absolute atomic E-state index is 12.7. The van der Waals surface area contributed by atoms with Crippen LogP contribution in [0.3, 0.4) is 0 Å². The normalized spacial score (nSPS) is 13.9. The number of carbonyl (C=O) groups is 2. The largest absolute Gasteiger partial charge is 0.459 e. The van der Waals surface area contributed by atoms with Crippen LogP contribution in [0.2, 0.25) is 0 Å². The molecule has 4 nitrogen and oxygen atoms in total. The fourth-order valence-corrected chi connectivity index (χ4v) is 3.61. The zero-order chi connectivity index (χ0) is 21.1. The number of carbonyl (C=O) groups excluding carboxylic acids is 2. The van der Waals surface area contributed by atoms with Gasteiger partial charge >= 0.3 is 11.9 Å². The van der Waals surface area contributed by atoms with Crippen molar-refractivity contribution in [2.24, 2.45) is 0 Å². The van der Waals surface area contributed by atoms with Crippen molar-refractivity contribution >= 4 is 11.9 Å². The van der Waals surface area contributed by atoms with Crippen LogP contribution in [-0.4, -0.2) is 23.6 Å². The van der Waals surface area contributed by atoms with E-state index in [9.17, 15) is 9.59 Å². The Hall–Kier alpha value is -2.62. The van der Waals surface area contributed by atoms with E-state index in [-0.39, 0.29) is 18.0 Å². The van der Waals surface area contributed by atoms with Crippen LogP contribution < -0.4 is 0 Å². The summed E-state index contributed by atoms with van der Waals surface area (Å²) in [6.07, 6.45) is 4.08. The van der Waals surface area contributed by atoms with Gasteiger partial charge in [0.25, 0.3) is 0 Å². The summed E-state index contributed by atoms with van der Waals surface area (Å²) in [5.74, 6) is -0.662. The summed E-state index contributed by atoms with van der Waals surface area (Å²) in [4.78, 5) is 25.3. The lowest BCUT2D eigenvalue weighted by Gasteiger charge is -2.35. The Morgan fingerprint density at radius 1 is 0.828 bits per heavy atom. The lowest BCUT2D eigenvalue weighted by atomic mass is 9.87. The molecular weight excluding hydrogens is 364 g/mol. The smallest absolute Gasteiger partial charge is 0.338 e. The molecule has 2 rings (SSSR count). The van der Waals surface area contributed by atoms with Crippen LogP contribution in [0.15, 0.2) is 60.7 Å². The van der Waals surface area contributed by atoms with Crippen molar-refractivity contribution in [3.05, 3.63) is 71.8 Å². The molecule has 0 spiro atoms. The van der Waals surface area contributed by atoms with Crippen LogP contribution in [-0.2, 0) is 9.47 Å². The predicted octanol–water partition coefficient (Wildman–Crippen LogP) is 6.21. The van der Waals surface area contributed by atoms with Gasteiger partial charge in [0.1, 0.15) is 11.7 Å². The predicted molar refractivity (Wildman–Crippen MR) is 115 cm³/mol. The van der Waals surface area contributed by atoms with Crippen LogP contribution in [0.1, 0.15) is 80.0 Å². The quantitative estimate of drug-likeness (QED) is 0.424. The van der Waals surface area contributed by atoms with E-state index in [2.05, 4.69) is 13.8 Å². The first-order valence-corrected chi connectivity index (χ1v) is 10.6. The van der Waals surface area contributed by atoms with Gasteiger partial charge in [-0.15, -0.1) is 0 Å². The van der Waals surface area contributed by atoms with Crippen LogP contribution in [0.25, 0.3) is 0 Å². The van der Waals surface area contributed by atoms with Gasteiger partial charge in [-0.2, -0.15) is 0 Å². The van der Waals surface area contributed by atoms with Crippen molar-refractivity contribution in [2.45, 2.75) is 71.0 Å². The van der Waals surface area contributed by atoms with Crippen molar-refractivity contribution in [3.8, 4) is 0 Å². The molecule has 0 aliphatic rings. The van der Waals surface area contributed by atoms with Crippen molar-refractivity contribution in [1.82, 2.24) is 0 Å². The Kier molecular flexibility index (Phi) is 8.91. The average molecular weight is 397 g/mol. The summed E-state index contributed by atoms with van der Waals surface area (Å²) >= 11 is 0. The molecule has 29 heavy (non-hydrogen) atoms. The second-order valence-corrected chi connectivity index (χ2v) is 7.43. The molecule has 0 bridgehead atoms. The first-order valence-electron chi connectivity index (χ1n) is 10.6. The Bertz CT molecular complexity index is 757. The van der Waals surface area contributed by atoms with E-state index in [0.29, 0.717) is 24.0 Å². The average Bonchev–Trinajstić information content (AvgIpc) is 2.75. The van der Waals surface area contributed by atoms with Gasteiger partial charge in [0, 0.05) is 6.42 Å². The molecule has 0 aliphatic carbocycles. The van der Waals surface area contributed by atoms with E-state index < -0.39 is 5.60 Å². The molecule has 2 unspecified atom stereocenters. The summed E-state index contributed by atoms with van der Waals surface area (Å²) in [6, 6.07) is 18.0. The number of hydrogen-bond acceptors (Lipinski definition) is 4. The summed E-state index contributed by atoms with van der Waals surface area (Å²) in [5.41, 5.74) is 0.417. The maximum atomic E-state index is 12.7. The fraction of sp³-hybridized carbons (Fsp3) is 0.440. The number of hydrogen-bond donors (Lipinski definition) is 0. The third-order valence-corrected chi connectivity index (χ3v) is 5.16. The Labute approximate surface area is 174 Å². The third-order valence-electron chi connectivity index (χ3n) is 5.16. The fourth-order valence-electron chi connectivity index (χ4n) is 3.61. The third kappa shape index (κ3) is 6.74. The van der Waals surface area contributed by atoms with Crippen LogP contribution in [0, 0.1) is 0 Å². The van der Waals surface area contributed by atoms with Crippen LogP contribution in [0.5, 0.6) is 0 Å². The van der Waals surface area contributed by atoms with E-state index in [0.717, 1.165) is 25.7 Å². The number of rotatable bonds is 11. The number of esters is 2. The molecule has 4 heteroatoms. The van der Waals surface area contributed by atoms with Crippen LogP contribution in [0.4, 0.5) is 0 Å². The standard InChI is InChI=1S/C25H32O4/c1-4-13-22(28-23(26)20-14-9-7-10-15-20)19-25(6-3,18-5-2)29-24(27)21-16-11-8-12-17-21/h7-12,14-17,22H,4-6,13,18-19H2,1-3H3. The Balaban J connectivity index is 2.17. The minimum Gasteiger partial charge on any atom is -0.459 e. The van der Waals surface area contributed by atoms with Gasteiger partial charge in [-0.25, -0.2) is 9.59 Å². The second-order valence-electron chi connectivity index (χ2n) is 7.43. The van der Waals surface area contributed by atoms with Gasteiger partial charge in [0.2, 0.25) is 0 Å². The van der Waals surface area contributed by atoms with Crippen molar-refractivity contribution in [1.29, 1.82) is 0 Å². The molecule has 2 aromatic carbocycles. The first kappa shape index (κ1) is 22.7. The van der Waals surface area contributed by atoms with E-state index >= 15 is 0 Å². The molecule has 2 atom stereocenters. The zero-order valence-corrected chi connectivity index (χ0v) is 17.7. The molecule has 0 aliphatic heterocycles. The van der Waals surface area contributed by atoms with Crippen LogP contribution >= 0.6 is 0 Å². The number of ether oxygens (including phenoxy) is 2. The molecule has 0 radical (unpaired) electrons. The topological polar surface area (TPSA) is 52.6 Å². The van der Waals surface area contributed by atoms with Crippen molar-refractivity contribution < 1.29 is 19.1 Å². The minimum atomic E-state index is -0.654. The van der Waals surface area contributed by atoms with Gasteiger partial charge in [-0.05, 0) is 43.5 Å². The molecule has 0 fully saturated rings. The highest BCUT2D eigenvalue weighted by molar-refractivity contribution is 5.90. The zero-order valence-electron chi connectivity index (χ0n) is 17.7. The van der Waals surface area contributed by atoms with Gasteiger partial charge in [0.05, 0.1) is 11.1 Å². The van der Waals surface area contributed by atoms with E-state index in [1.54, 1.807) is 24.3 Å². The van der Waals surface area contributed by atoms with Gasteiger partial charge in [0.15, 0.2) is 0 Å². The Morgan fingerprint density at radius 3 is 1.86 bits per heavy atom. The van der Waals surface area contributed by atoms with E-state index in [1.807, 2.05) is 43.3 Å². The van der Waals surface area contributed by atoms with Crippen molar-refractivity contribution in [3.63, 3.8) is 0 Å². The van der Waals surface area contributed by atoms with Gasteiger partial charge in [-0.3, -0.25) is 0 Å². The molecule has 0 saturated carbocycles. The van der Waals surface area contributed by atoms with Gasteiger partial charge < -0.3 is 9.47 Å². The lowest BCUT2D eigenvalue weighted by molar-refractivity contribution is -0.0566. The molecule has 0 saturated heterocycles. The summed E-state index contributed by atoms with van der Waals surface area (Å²) in [7, 11) is 0. The highest BCUT2D eigenvalue weighted by atomic mass is 16.6. The Morgan fingerprint density at radius 2 is 1.38 bits per heavy atom. The molecule has 0 amide bonds. The van der Waals surface area contributed by atoms with E-state index in [4.69, 9.17) is 9.47 Å². The molecule has 0 N–H and O–H groups in total. The highest BCUT2D eigenvalue weighted by Crippen LogP contribution is 2.32. The maximum Gasteiger partial charge on any atom is 0.338 e. The molecular formula is C25H32O4. The summed E-state index contributed by atoms with van der Waals surface area (Å²) in [6.45, 7) is 6.16. The van der Waals surface area contributed by atoms with Gasteiger partial charge in [-0.1, -0.05) is 70.0 Å². The molecule has 2 aromatic rings. The molecule has 0 heterocycles. The first-order chi connectivity index (χ1) is 14.0. The highest BCUT2D eigenvalue weighted by Gasteiger charge is 2.36. The lowest BCUT2D eigenvalue weighted by Crippen LogP contribution is -2.39. The monoisotopic (exact) mass is 396 g/mol. The molecule has 0 aromatic heterocycles. The second kappa shape index (κ2) is 11.4. The summed E-state index contributed by atoms with van der Waals surface area (Å²) in [5, 5.41) is 0. The molecule has 156 valence electrons. The van der Waals surface area contributed by atoms with Crippen molar-refractivity contribution in [2.75, 3.05) is 0 Å². The summed E-state index contributed by atoms with van der Waals surface area (Å²) < 4.78 is 11.9. The number of benzene rings is 2. The van der Waals surface area contributed by atoms with E-state index in [1.165, 1.54) is 0 Å². The minimum absolute atomic E-state index is 0.303.